The van der Waals surface area contributed by atoms with E-state index in [4.69, 9.17) is 4.74 Å². The Kier molecular flexibility index (Phi) is 4.45. The van der Waals surface area contributed by atoms with Crippen molar-refractivity contribution >= 4 is 15.5 Å². The predicted molar refractivity (Wildman–Crippen MR) is 87.3 cm³/mol. The minimum atomic E-state index is -4.56. The van der Waals surface area contributed by atoms with Gasteiger partial charge in [0, 0.05) is 5.69 Å². The lowest BCUT2D eigenvalue weighted by Crippen LogP contribution is -2.12. The molecule has 0 bridgehead atoms. The van der Waals surface area contributed by atoms with Gasteiger partial charge in [0.1, 0.15) is 5.75 Å². The molecule has 1 N–H and O–H groups in total. The van der Waals surface area contributed by atoms with Crippen LogP contribution in [0.1, 0.15) is 23.6 Å². The molecule has 1 unspecified atom stereocenters. The second-order valence-corrected chi connectivity index (χ2v) is 7.51. The van der Waals surface area contributed by atoms with E-state index in [9.17, 15) is 17.2 Å². The van der Waals surface area contributed by atoms with Gasteiger partial charge in [-0.1, -0.05) is 12.1 Å². The van der Waals surface area contributed by atoms with Crippen LogP contribution in [0, 0.1) is 0 Å². The van der Waals surface area contributed by atoms with Crippen molar-refractivity contribution in [2.24, 2.45) is 0 Å². The van der Waals surface area contributed by atoms with Gasteiger partial charge in [-0.05, 0) is 54.3 Å². The van der Waals surface area contributed by atoms with Crippen LogP contribution in [-0.4, -0.2) is 21.3 Å². The molecule has 0 radical (unpaired) electrons. The summed E-state index contributed by atoms with van der Waals surface area (Å²) in [4.78, 5) is -0.378. The van der Waals surface area contributed by atoms with Crippen LogP contribution < -0.4 is 10.1 Å². The number of ether oxygens (including phenoxy) is 1. The lowest BCUT2D eigenvalue weighted by Gasteiger charge is -2.16. The monoisotopic (exact) mass is 353 g/mol. The maximum Gasteiger partial charge on any atom is 0.341 e. The van der Waals surface area contributed by atoms with Crippen molar-refractivity contribution < 1.29 is 21.9 Å². The Morgan fingerprint density at radius 2 is 1.88 bits per heavy atom. The Morgan fingerprint density at radius 3 is 2.50 bits per heavy atom. The maximum absolute atomic E-state index is 12.5. The summed E-state index contributed by atoms with van der Waals surface area (Å²) in [6, 6.07) is 11.4. The lowest BCUT2D eigenvalue weighted by atomic mass is 10.1. The van der Waals surface area contributed by atoms with Crippen molar-refractivity contribution in [1.82, 2.24) is 0 Å². The molecule has 24 heavy (non-hydrogen) atoms. The molecule has 0 heterocycles. The highest BCUT2D eigenvalue weighted by Crippen LogP contribution is 2.38. The summed E-state index contributed by atoms with van der Waals surface area (Å²) >= 11 is 0. The summed E-state index contributed by atoms with van der Waals surface area (Å²) in [5, 5.41) is 3.32. The zero-order valence-electron chi connectivity index (χ0n) is 13.0. The third-order valence-corrected chi connectivity index (χ3v) is 5.60. The Hall–Kier alpha value is -2.15. The first kappa shape index (κ1) is 16.7. The van der Waals surface area contributed by atoms with Gasteiger partial charge in [0.15, 0.2) is 0 Å². The summed E-state index contributed by atoms with van der Waals surface area (Å²) in [5.74, 6) is -2.55. The minimum absolute atomic E-state index is 0.0765. The molecular weight excluding hydrogens is 336 g/mol. The van der Waals surface area contributed by atoms with E-state index in [0.29, 0.717) is 5.69 Å². The number of hydrogen-bond acceptors (Lipinski definition) is 4. The average Bonchev–Trinajstić information content (AvgIpc) is 2.98. The molecule has 128 valence electrons. The van der Waals surface area contributed by atoms with Crippen LogP contribution in [0.5, 0.6) is 5.75 Å². The number of nitrogens with one attached hydrogen (secondary N) is 1. The fourth-order valence-electron chi connectivity index (χ4n) is 3.01. The number of hydrogen-bond donors (Lipinski definition) is 1. The molecule has 0 fully saturated rings. The van der Waals surface area contributed by atoms with Crippen LogP contribution in [0.15, 0.2) is 47.4 Å². The fraction of sp³-hybridized carbons (Fsp3) is 0.294. The zero-order chi connectivity index (χ0) is 17.3. The second-order valence-electron chi connectivity index (χ2n) is 5.59. The standard InChI is InChI=1S/C17H17F2NO3S/c1-23-16-4-2-3-13-14(16)9-10-15(13)20-11-5-7-12(8-6-11)24(21,22)17(18)19/h2-8,15,17,20H,9-10H2,1H3. The van der Waals surface area contributed by atoms with Gasteiger partial charge < -0.3 is 10.1 Å². The highest BCUT2D eigenvalue weighted by molar-refractivity contribution is 7.91. The number of methoxy groups -OCH3 is 1. The van der Waals surface area contributed by atoms with Crippen LogP contribution in [0.4, 0.5) is 14.5 Å². The summed E-state index contributed by atoms with van der Waals surface area (Å²) in [6.45, 7) is 0. The van der Waals surface area contributed by atoms with E-state index in [1.54, 1.807) is 7.11 Å². The van der Waals surface area contributed by atoms with Gasteiger partial charge in [0.25, 0.3) is 0 Å². The number of halogens is 2. The fourth-order valence-corrected chi connectivity index (χ4v) is 3.73. The lowest BCUT2D eigenvalue weighted by molar-refractivity contribution is 0.234. The van der Waals surface area contributed by atoms with Crippen molar-refractivity contribution in [2.75, 3.05) is 12.4 Å². The topological polar surface area (TPSA) is 55.4 Å². The molecule has 2 aromatic rings. The van der Waals surface area contributed by atoms with E-state index in [1.165, 1.54) is 24.3 Å². The first-order valence-electron chi connectivity index (χ1n) is 7.48. The molecule has 0 aliphatic heterocycles. The van der Waals surface area contributed by atoms with Crippen LogP contribution in [0.25, 0.3) is 0 Å². The molecule has 1 aliphatic rings. The number of sulfone groups is 1. The molecule has 4 nitrogen and oxygen atoms in total. The van der Waals surface area contributed by atoms with Gasteiger partial charge in [0.2, 0.25) is 9.84 Å². The molecule has 1 atom stereocenters. The van der Waals surface area contributed by atoms with E-state index in [0.717, 1.165) is 29.7 Å². The molecule has 0 saturated carbocycles. The Balaban J connectivity index is 1.80. The van der Waals surface area contributed by atoms with Crippen molar-refractivity contribution in [3.63, 3.8) is 0 Å². The Bertz CT molecular complexity index is 835. The van der Waals surface area contributed by atoms with Crippen LogP contribution in [0.3, 0.4) is 0 Å². The van der Waals surface area contributed by atoms with Crippen LogP contribution >= 0.6 is 0 Å². The summed E-state index contributed by atoms with van der Waals surface area (Å²) in [5.41, 5.74) is 2.98. The van der Waals surface area contributed by atoms with E-state index in [2.05, 4.69) is 5.32 Å². The van der Waals surface area contributed by atoms with E-state index in [1.807, 2.05) is 18.2 Å². The number of rotatable bonds is 5. The third-order valence-electron chi connectivity index (χ3n) is 4.21. The van der Waals surface area contributed by atoms with Crippen molar-refractivity contribution in [2.45, 2.75) is 29.5 Å². The van der Waals surface area contributed by atoms with Gasteiger partial charge >= 0.3 is 5.76 Å². The highest BCUT2D eigenvalue weighted by Gasteiger charge is 2.27. The van der Waals surface area contributed by atoms with E-state index in [-0.39, 0.29) is 10.9 Å². The van der Waals surface area contributed by atoms with E-state index < -0.39 is 15.6 Å². The van der Waals surface area contributed by atoms with Gasteiger partial charge in [-0.2, -0.15) is 8.78 Å². The molecule has 0 amide bonds. The van der Waals surface area contributed by atoms with Gasteiger partial charge in [-0.15, -0.1) is 0 Å². The number of alkyl halides is 2. The molecular formula is C17H17F2NO3S. The minimum Gasteiger partial charge on any atom is -0.496 e. The number of fused-ring (bicyclic) bond motifs is 1. The molecule has 0 spiro atoms. The zero-order valence-corrected chi connectivity index (χ0v) is 13.8. The first-order chi connectivity index (χ1) is 11.4. The molecule has 3 rings (SSSR count). The number of benzene rings is 2. The smallest absolute Gasteiger partial charge is 0.341 e. The van der Waals surface area contributed by atoms with E-state index >= 15 is 0 Å². The van der Waals surface area contributed by atoms with Crippen LogP contribution in [0.2, 0.25) is 0 Å². The summed E-state index contributed by atoms with van der Waals surface area (Å²) in [7, 11) is -2.92. The molecule has 2 aromatic carbocycles. The first-order valence-corrected chi connectivity index (χ1v) is 9.02. The largest absolute Gasteiger partial charge is 0.496 e. The highest BCUT2D eigenvalue weighted by atomic mass is 32.2. The average molecular weight is 353 g/mol. The third kappa shape index (κ3) is 2.96. The SMILES string of the molecule is COc1cccc2c1CCC2Nc1ccc(S(=O)(=O)C(F)F)cc1. The normalized spacial score (nSPS) is 16.9. The Labute approximate surface area is 139 Å². The van der Waals surface area contributed by atoms with Crippen molar-refractivity contribution in [1.29, 1.82) is 0 Å². The van der Waals surface area contributed by atoms with Gasteiger partial charge in [-0.3, -0.25) is 0 Å². The molecule has 1 aliphatic carbocycles. The van der Waals surface area contributed by atoms with Gasteiger partial charge in [-0.25, -0.2) is 8.42 Å². The Morgan fingerprint density at radius 1 is 1.17 bits per heavy atom. The van der Waals surface area contributed by atoms with Gasteiger partial charge in [0.05, 0.1) is 18.0 Å². The van der Waals surface area contributed by atoms with Crippen LogP contribution in [-0.2, 0) is 16.3 Å². The maximum atomic E-state index is 12.5. The second kappa shape index (κ2) is 6.39. The predicted octanol–water partition coefficient (Wildman–Crippen LogP) is 3.79. The molecule has 7 heteroatoms. The quantitative estimate of drug-likeness (QED) is 0.889. The van der Waals surface area contributed by atoms with Crippen molar-refractivity contribution in [3.8, 4) is 5.75 Å². The summed E-state index contributed by atoms with van der Waals surface area (Å²) < 4.78 is 53.3. The summed E-state index contributed by atoms with van der Waals surface area (Å²) in [6.07, 6.45) is 1.77. The van der Waals surface area contributed by atoms with Crippen molar-refractivity contribution in [3.05, 3.63) is 53.6 Å². The molecule has 0 saturated heterocycles. The number of anilines is 1. The molecule has 0 aromatic heterocycles.